The Morgan fingerprint density at radius 2 is 2.00 bits per heavy atom. The zero-order chi connectivity index (χ0) is 13.0. The Kier molecular flexibility index (Phi) is 4.49. The molecule has 0 aliphatic carbocycles. The molecule has 5 heteroatoms. The smallest absolute Gasteiger partial charge is 0.271 e. The maximum Gasteiger partial charge on any atom is 0.271 e. The van der Waals surface area contributed by atoms with Crippen LogP contribution in [0.25, 0.3) is 0 Å². The minimum atomic E-state index is -0.121. The number of halogens is 1. The molecule has 94 valence electrons. The number of thiazole rings is 1. The number of nitrogens with zero attached hydrogens (tertiary/aromatic N) is 1. The second-order valence-corrected chi connectivity index (χ2v) is 5.51. The van der Waals surface area contributed by atoms with Gasteiger partial charge in [0.2, 0.25) is 0 Å². The molecule has 1 aromatic carbocycles. The quantitative estimate of drug-likeness (QED) is 0.877. The fourth-order valence-electron chi connectivity index (χ4n) is 1.49. The SMILES string of the molecule is Cc1nc(C(=O)NCc2ccc(CBr)cc2)cs1. The van der Waals surface area contributed by atoms with E-state index in [0.29, 0.717) is 12.2 Å². The average Bonchev–Trinajstić information content (AvgIpc) is 2.83. The molecule has 1 aromatic heterocycles. The Labute approximate surface area is 118 Å². The number of carbonyl (C=O) groups excluding carboxylic acids is 1. The fraction of sp³-hybridized carbons (Fsp3) is 0.231. The van der Waals surface area contributed by atoms with Gasteiger partial charge in [0.15, 0.2) is 0 Å². The summed E-state index contributed by atoms with van der Waals surface area (Å²) >= 11 is 4.88. The van der Waals surface area contributed by atoms with Gasteiger partial charge in [-0.2, -0.15) is 0 Å². The molecular weight excluding hydrogens is 312 g/mol. The van der Waals surface area contributed by atoms with Gasteiger partial charge in [0.25, 0.3) is 5.91 Å². The monoisotopic (exact) mass is 324 g/mol. The van der Waals surface area contributed by atoms with E-state index in [2.05, 4.69) is 26.2 Å². The molecule has 0 saturated carbocycles. The lowest BCUT2D eigenvalue weighted by atomic mass is 10.1. The maximum absolute atomic E-state index is 11.8. The van der Waals surface area contributed by atoms with Crippen LogP contribution in [0.15, 0.2) is 29.6 Å². The van der Waals surface area contributed by atoms with Crippen molar-refractivity contribution in [3.8, 4) is 0 Å². The first kappa shape index (κ1) is 13.2. The van der Waals surface area contributed by atoms with Gasteiger partial charge in [-0.15, -0.1) is 11.3 Å². The number of nitrogens with one attached hydrogen (secondary N) is 1. The molecule has 3 nitrogen and oxygen atoms in total. The number of aryl methyl sites for hydroxylation is 1. The zero-order valence-electron chi connectivity index (χ0n) is 9.94. The summed E-state index contributed by atoms with van der Waals surface area (Å²) < 4.78 is 0. The number of carbonyl (C=O) groups is 1. The molecule has 1 amide bonds. The summed E-state index contributed by atoms with van der Waals surface area (Å²) in [6.07, 6.45) is 0. The number of rotatable bonds is 4. The average molecular weight is 325 g/mol. The summed E-state index contributed by atoms with van der Waals surface area (Å²) in [6, 6.07) is 8.12. The van der Waals surface area contributed by atoms with Gasteiger partial charge in [-0.25, -0.2) is 4.98 Å². The highest BCUT2D eigenvalue weighted by atomic mass is 79.9. The lowest BCUT2D eigenvalue weighted by molar-refractivity contribution is 0.0946. The molecule has 2 aromatic rings. The third-order valence-electron chi connectivity index (χ3n) is 2.48. The molecule has 0 bridgehead atoms. The van der Waals surface area contributed by atoms with E-state index in [1.807, 2.05) is 31.2 Å². The third kappa shape index (κ3) is 3.40. The highest BCUT2D eigenvalue weighted by molar-refractivity contribution is 9.08. The summed E-state index contributed by atoms with van der Waals surface area (Å²) in [5.41, 5.74) is 2.80. The second-order valence-electron chi connectivity index (χ2n) is 3.88. The van der Waals surface area contributed by atoms with Crippen LogP contribution >= 0.6 is 27.3 Å². The highest BCUT2D eigenvalue weighted by Crippen LogP contribution is 2.09. The van der Waals surface area contributed by atoms with Crippen LogP contribution in [0.2, 0.25) is 0 Å². The van der Waals surface area contributed by atoms with Crippen LogP contribution in [0.3, 0.4) is 0 Å². The van der Waals surface area contributed by atoms with E-state index in [0.717, 1.165) is 15.9 Å². The number of hydrogen-bond acceptors (Lipinski definition) is 3. The van der Waals surface area contributed by atoms with E-state index in [9.17, 15) is 4.79 Å². The van der Waals surface area contributed by atoms with Crippen molar-refractivity contribution in [1.82, 2.24) is 10.3 Å². The van der Waals surface area contributed by atoms with E-state index in [-0.39, 0.29) is 5.91 Å². The minimum Gasteiger partial charge on any atom is -0.347 e. The van der Waals surface area contributed by atoms with Gasteiger partial charge in [-0.1, -0.05) is 40.2 Å². The molecule has 0 saturated heterocycles. The molecule has 0 unspecified atom stereocenters. The van der Waals surface area contributed by atoms with E-state index in [1.165, 1.54) is 16.9 Å². The molecule has 0 radical (unpaired) electrons. The van der Waals surface area contributed by atoms with Gasteiger partial charge in [0, 0.05) is 17.3 Å². The first-order chi connectivity index (χ1) is 8.69. The van der Waals surface area contributed by atoms with Crippen LogP contribution < -0.4 is 5.32 Å². The largest absolute Gasteiger partial charge is 0.347 e. The lowest BCUT2D eigenvalue weighted by Gasteiger charge is -2.04. The van der Waals surface area contributed by atoms with E-state index in [4.69, 9.17) is 0 Å². The molecule has 2 rings (SSSR count). The Morgan fingerprint density at radius 1 is 1.33 bits per heavy atom. The number of hydrogen-bond donors (Lipinski definition) is 1. The van der Waals surface area contributed by atoms with Crippen molar-refractivity contribution in [2.45, 2.75) is 18.8 Å². The van der Waals surface area contributed by atoms with Crippen molar-refractivity contribution in [2.75, 3.05) is 0 Å². The number of benzene rings is 1. The van der Waals surface area contributed by atoms with Crippen LogP contribution in [0.5, 0.6) is 0 Å². The molecule has 0 aliphatic heterocycles. The highest BCUT2D eigenvalue weighted by Gasteiger charge is 2.08. The normalized spacial score (nSPS) is 10.3. The molecule has 0 atom stereocenters. The molecule has 0 spiro atoms. The first-order valence-corrected chi connectivity index (χ1v) is 7.53. The topological polar surface area (TPSA) is 42.0 Å². The van der Waals surface area contributed by atoms with Crippen molar-refractivity contribution in [1.29, 1.82) is 0 Å². The van der Waals surface area contributed by atoms with Crippen LogP contribution in [0.1, 0.15) is 26.6 Å². The molecule has 1 heterocycles. The van der Waals surface area contributed by atoms with Gasteiger partial charge in [-0.05, 0) is 18.1 Å². The van der Waals surface area contributed by atoms with Crippen LogP contribution in [0.4, 0.5) is 0 Å². The maximum atomic E-state index is 11.8. The Bertz CT molecular complexity index is 536. The zero-order valence-corrected chi connectivity index (χ0v) is 12.3. The summed E-state index contributed by atoms with van der Waals surface area (Å²) in [5, 5.41) is 6.39. The second kappa shape index (κ2) is 6.11. The predicted octanol–water partition coefficient (Wildman–Crippen LogP) is 3.28. The van der Waals surface area contributed by atoms with E-state index < -0.39 is 0 Å². The number of amides is 1. The third-order valence-corrected chi connectivity index (χ3v) is 3.90. The van der Waals surface area contributed by atoms with Crippen molar-refractivity contribution in [3.63, 3.8) is 0 Å². The van der Waals surface area contributed by atoms with Gasteiger partial charge < -0.3 is 5.32 Å². The van der Waals surface area contributed by atoms with E-state index >= 15 is 0 Å². The molecular formula is C13H13BrN2OS. The number of alkyl halides is 1. The summed E-state index contributed by atoms with van der Waals surface area (Å²) in [4.78, 5) is 15.9. The number of aromatic nitrogens is 1. The van der Waals surface area contributed by atoms with Gasteiger partial charge in [0.1, 0.15) is 5.69 Å². The van der Waals surface area contributed by atoms with Gasteiger partial charge >= 0.3 is 0 Å². The predicted molar refractivity (Wildman–Crippen MR) is 77.1 cm³/mol. The molecule has 0 aliphatic rings. The standard InChI is InChI=1S/C13H13BrN2OS/c1-9-16-12(8-18-9)13(17)15-7-11-4-2-10(6-14)3-5-11/h2-5,8H,6-7H2,1H3,(H,15,17). The van der Waals surface area contributed by atoms with Crippen molar-refractivity contribution in [2.24, 2.45) is 0 Å². The van der Waals surface area contributed by atoms with Crippen molar-refractivity contribution < 1.29 is 4.79 Å². The Morgan fingerprint density at radius 3 is 2.56 bits per heavy atom. The van der Waals surface area contributed by atoms with Crippen molar-refractivity contribution in [3.05, 3.63) is 51.5 Å². The first-order valence-electron chi connectivity index (χ1n) is 5.53. The van der Waals surface area contributed by atoms with Gasteiger partial charge in [0.05, 0.1) is 5.01 Å². The molecule has 18 heavy (non-hydrogen) atoms. The molecule has 1 N–H and O–H groups in total. The van der Waals surface area contributed by atoms with Crippen molar-refractivity contribution >= 4 is 33.2 Å². The van der Waals surface area contributed by atoms with Crippen LogP contribution in [0, 0.1) is 6.92 Å². The Balaban J connectivity index is 1.92. The summed E-state index contributed by atoms with van der Waals surface area (Å²) in [7, 11) is 0. The van der Waals surface area contributed by atoms with Crippen LogP contribution in [-0.4, -0.2) is 10.9 Å². The lowest BCUT2D eigenvalue weighted by Crippen LogP contribution is -2.23. The summed E-state index contributed by atoms with van der Waals surface area (Å²) in [5.74, 6) is -0.121. The minimum absolute atomic E-state index is 0.121. The summed E-state index contributed by atoms with van der Waals surface area (Å²) in [6.45, 7) is 2.42. The molecule has 0 fully saturated rings. The van der Waals surface area contributed by atoms with Gasteiger partial charge in [-0.3, -0.25) is 4.79 Å². The Hall–Kier alpha value is -1.20. The fourth-order valence-corrected chi connectivity index (χ4v) is 2.45. The van der Waals surface area contributed by atoms with Crippen LogP contribution in [-0.2, 0) is 11.9 Å². The van der Waals surface area contributed by atoms with E-state index in [1.54, 1.807) is 5.38 Å².